The van der Waals surface area contributed by atoms with Gasteiger partial charge in [-0.05, 0) is 52.4 Å². The summed E-state index contributed by atoms with van der Waals surface area (Å²) in [5.41, 5.74) is 2.20. The number of carbonyl (C=O) groups is 2. The third kappa shape index (κ3) is 4.62. The van der Waals surface area contributed by atoms with E-state index in [2.05, 4.69) is 4.98 Å². The van der Waals surface area contributed by atoms with Gasteiger partial charge in [-0.25, -0.2) is 0 Å². The number of benzene rings is 2. The van der Waals surface area contributed by atoms with Gasteiger partial charge in [0.15, 0.2) is 0 Å². The van der Waals surface area contributed by atoms with Crippen LogP contribution in [0.5, 0.6) is 11.5 Å². The highest BCUT2D eigenvalue weighted by molar-refractivity contribution is 6.46. The minimum absolute atomic E-state index is 0.0122. The summed E-state index contributed by atoms with van der Waals surface area (Å²) in [7, 11) is 1.48. The summed E-state index contributed by atoms with van der Waals surface area (Å²) in [5.74, 6) is -1.50. The van der Waals surface area contributed by atoms with E-state index in [0.717, 1.165) is 11.1 Å². The fourth-order valence-corrected chi connectivity index (χ4v) is 4.28. The lowest BCUT2D eigenvalue weighted by Gasteiger charge is -2.26. The molecule has 2 aromatic carbocycles. The number of pyridine rings is 1. The first-order valence-corrected chi connectivity index (χ1v) is 11.3. The molecule has 1 atom stereocenters. The SMILES string of the molecule is COc1ccc(C(C)(C)C)cc1/C(O)=C1\C(=O)C(=O)N(Cc2cccnc2)C1c1cccc(O)c1. The van der Waals surface area contributed by atoms with Crippen LogP contribution in [0.25, 0.3) is 5.76 Å². The molecule has 0 saturated carbocycles. The molecule has 0 spiro atoms. The molecule has 1 aromatic heterocycles. The van der Waals surface area contributed by atoms with Crippen molar-refractivity contribution in [2.45, 2.75) is 38.8 Å². The van der Waals surface area contributed by atoms with Crippen molar-refractivity contribution in [1.82, 2.24) is 9.88 Å². The van der Waals surface area contributed by atoms with Gasteiger partial charge in [0, 0.05) is 18.9 Å². The number of carbonyl (C=O) groups excluding carboxylic acids is 2. The molecule has 1 amide bonds. The lowest BCUT2D eigenvalue weighted by atomic mass is 9.85. The normalized spacial score (nSPS) is 17.6. The number of aromatic hydroxyl groups is 1. The number of rotatable bonds is 5. The van der Waals surface area contributed by atoms with E-state index in [1.54, 1.807) is 42.7 Å². The largest absolute Gasteiger partial charge is 0.508 e. The van der Waals surface area contributed by atoms with Crippen molar-refractivity contribution in [1.29, 1.82) is 0 Å². The number of phenols is 1. The number of Topliss-reactive ketones (excluding diaryl/α,β-unsaturated/α-hetero) is 1. The Morgan fingerprint density at radius 2 is 1.86 bits per heavy atom. The molecule has 0 aliphatic carbocycles. The Morgan fingerprint density at radius 1 is 1.09 bits per heavy atom. The molecule has 3 aromatic rings. The Bertz CT molecular complexity index is 1310. The number of methoxy groups -OCH3 is 1. The molecule has 1 aliphatic heterocycles. The van der Waals surface area contributed by atoms with Crippen molar-refractivity contribution in [3.05, 3.63) is 94.8 Å². The first-order chi connectivity index (χ1) is 16.6. The van der Waals surface area contributed by atoms with E-state index in [0.29, 0.717) is 16.9 Å². The van der Waals surface area contributed by atoms with E-state index in [-0.39, 0.29) is 29.0 Å². The summed E-state index contributed by atoms with van der Waals surface area (Å²) in [6.45, 7) is 6.23. The van der Waals surface area contributed by atoms with Crippen LogP contribution in [0.2, 0.25) is 0 Å². The molecule has 2 N–H and O–H groups in total. The molecule has 1 saturated heterocycles. The maximum atomic E-state index is 13.3. The summed E-state index contributed by atoms with van der Waals surface area (Å²) in [6, 6.07) is 14.4. The van der Waals surface area contributed by atoms with Gasteiger partial charge in [-0.15, -0.1) is 0 Å². The minimum Gasteiger partial charge on any atom is -0.508 e. The number of likely N-dealkylation sites (tertiary alicyclic amines) is 1. The van der Waals surface area contributed by atoms with Crippen molar-refractivity contribution in [3.63, 3.8) is 0 Å². The zero-order chi connectivity index (χ0) is 25.3. The first kappa shape index (κ1) is 24.0. The second kappa shape index (κ2) is 9.25. The predicted octanol–water partition coefficient (Wildman–Crippen LogP) is 4.72. The maximum absolute atomic E-state index is 13.3. The molecular weight excluding hydrogens is 444 g/mol. The van der Waals surface area contributed by atoms with Crippen LogP contribution in [0.3, 0.4) is 0 Å². The van der Waals surface area contributed by atoms with Crippen LogP contribution in [0, 0.1) is 0 Å². The van der Waals surface area contributed by atoms with E-state index >= 15 is 0 Å². The lowest BCUT2D eigenvalue weighted by Crippen LogP contribution is -2.29. The average Bonchev–Trinajstić information content (AvgIpc) is 3.08. The maximum Gasteiger partial charge on any atom is 0.295 e. The highest BCUT2D eigenvalue weighted by Crippen LogP contribution is 2.43. The number of aromatic nitrogens is 1. The van der Waals surface area contributed by atoms with Crippen LogP contribution in [-0.4, -0.2) is 38.9 Å². The smallest absolute Gasteiger partial charge is 0.295 e. The van der Waals surface area contributed by atoms with Gasteiger partial charge in [0.05, 0.1) is 24.3 Å². The fraction of sp³-hybridized carbons (Fsp3) is 0.250. The molecule has 1 aliphatic rings. The number of nitrogens with zero attached hydrogens (tertiary/aromatic N) is 2. The van der Waals surface area contributed by atoms with Gasteiger partial charge in [0.2, 0.25) is 0 Å². The molecular formula is C28H28N2O5. The molecule has 0 bridgehead atoms. The summed E-state index contributed by atoms with van der Waals surface area (Å²) < 4.78 is 5.49. The second-order valence-corrected chi connectivity index (χ2v) is 9.55. The minimum atomic E-state index is -0.912. The van der Waals surface area contributed by atoms with Crippen LogP contribution in [0.15, 0.2) is 72.6 Å². The van der Waals surface area contributed by atoms with Gasteiger partial charge >= 0.3 is 0 Å². The third-order valence-electron chi connectivity index (χ3n) is 6.12. The van der Waals surface area contributed by atoms with Crippen LogP contribution in [-0.2, 0) is 21.5 Å². The monoisotopic (exact) mass is 472 g/mol. The number of phenolic OH excluding ortho intramolecular Hbond substituents is 1. The summed E-state index contributed by atoms with van der Waals surface area (Å²) >= 11 is 0. The quantitative estimate of drug-likeness (QED) is 0.317. The van der Waals surface area contributed by atoms with Crippen molar-refractivity contribution in [3.8, 4) is 11.5 Å². The lowest BCUT2D eigenvalue weighted by molar-refractivity contribution is -0.140. The zero-order valence-corrected chi connectivity index (χ0v) is 20.1. The Hall–Kier alpha value is -4.13. The van der Waals surface area contributed by atoms with Crippen LogP contribution in [0.1, 0.15) is 49.1 Å². The number of amides is 1. The standard InChI is InChI=1S/C28H28N2O5/c1-28(2,3)19-10-11-22(35-4)21(14-19)25(32)23-24(18-8-5-9-20(31)13-18)30(27(34)26(23)33)16-17-7-6-12-29-15-17/h5-15,24,31-32H,16H2,1-4H3/b25-23+. The topological polar surface area (TPSA) is 100.0 Å². The fourth-order valence-electron chi connectivity index (χ4n) is 4.28. The average molecular weight is 473 g/mol. The summed E-state index contributed by atoms with van der Waals surface area (Å²) in [5, 5.41) is 21.7. The number of hydrogen-bond donors (Lipinski definition) is 2. The van der Waals surface area contributed by atoms with E-state index in [1.165, 1.54) is 24.1 Å². The molecule has 35 heavy (non-hydrogen) atoms. The molecule has 7 nitrogen and oxygen atoms in total. The van der Waals surface area contributed by atoms with Crippen LogP contribution < -0.4 is 4.74 Å². The number of ketones is 1. The van der Waals surface area contributed by atoms with Crippen LogP contribution in [0.4, 0.5) is 0 Å². The Kier molecular flexibility index (Phi) is 6.35. The second-order valence-electron chi connectivity index (χ2n) is 9.55. The van der Waals surface area contributed by atoms with Gasteiger partial charge in [-0.2, -0.15) is 0 Å². The van der Waals surface area contributed by atoms with Gasteiger partial charge < -0.3 is 19.8 Å². The Labute approximate surface area is 204 Å². The van der Waals surface area contributed by atoms with Crippen molar-refractivity contribution < 1.29 is 24.5 Å². The molecule has 7 heteroatoms. The van der Waals surface area contributed by atoms with E-state index in [1.807, 2.05) is 32.9 Å². The van der Waals surface area contributed by atoms with Gasteiger partial charge in [0.25, 0.3) is 11.7 Å². The highest BCUT2D eigenvalue weighted by Gasteiger charge is 2.46. The third-order valence-corrected chi connectivity index (χ3v) is 6.12. The molecule has 180 valence electrons. The Morgan fingerprint density at radius 3 is 2.49 bits per heavy atom. The number of ether oxygens (including phenoxy) is 1. The van der Waals surface area contributed by atoms with E-state index < -0.39 is 17.7 Å². The van der Waals surface area contributed by atoms with Crippen molar-refractivity contribution >= 4 is 17.4 Å². The number of hydrogen-bond acceptors (Lipinski definition) is 6. The van der Waals surface area contributed by atoms with Crippen molar-refractivity contribution in [2.75, 3.05) is 7.11 Å². The number of aliphatic hydroxyl groups excluding tert-OH is 1. The molecule has 1 fully saturated rings. The van der Waals surface area contributed by atoms with Gasteiger partial charge in [-0.3, -0.25) is 14.6 Å². The van der Waals surface area contributed by atoms with Gasteiger partial charge in [-0.1, -0.05) is 45.0 Å². The predicted molar refractivity (Wildman–Crippen MR) is 132 cm³/mol. The van der Waals surface area contributed by atoms with E-state index in [9.17, 15) is 19.8 Å². The van der Waals surface area contributed by atoms with Crippen molar-refractivity contribution in [2.24, 2.45) is 0 Å². The zero-order valence-electron chi connectivity index (χ0n) is 20.1. The van der Waals surface area contributed by atoms with E-state index in [4.69, 9.17) is 4.74 Å². The summed E-state index contributed by atoms with van der Waals surface area (Å²) in [4.78, 5) is 32.1. The first-order valence-electron chi connectivity index (χ1n) is 11.3. The molecule has 0 radical (unpaired) electrons. The van der Waals surface area contributed by atoms with Gasteiger partial charge in [0.1, 0.15) is 17.3 Å². The molecule has 1 unspecified atom stereocenters. The Balaban J connectivity index is 1.94. The highest BCUT2D eigenvalue weighted by atomic mass is 16.5. The molecule has 4 rings (SSSR count). The molecule has 2 heterocycles. The van der Waals surface area contributed by atoms with Crippen LogP contribution >= 0.6 is 0 Å². The summed E-state index contributed by atoms with van der Waals surface area (Å²) in [6.07, 6.45) is 3.24. The number of aliphatic hydroxyl groups is 1.